The molecule has 1 N–H and O–H groups in total. The van der Waals surface area contributed by atoms with E-state index in [4.69, 9.17) is 0 Å². The van der Waals surface area contributed by atoms with Crippen molar-refractivity contribution in [3.05, 3.63) is 45.2 Å². The minimum absolute atomic E-state index is 0.387. The molecule has 3 aromatic rings. The Morgan fingerprint density at radius 2 is 2.00 bits per heavy atom. The van der Waals surface area contributed by atoms with E-state index in [-0.39, 0.29) is 0 Å². The van der Waals surface area contributed by atoms with E-state index in [0.29, 0.717) is 5.56 Å². The van der Waals surface area contributed by atoms with Crippen LogP contribution >= 0.6 is 27.3 Å². The molecule has 0 amide bonds. The number of halogens is 1. The number of rotatable bonds is 1. The lowest BCUT2D eigenvalue weighted by Crippen LogP contribution is -1.96. The number of benzene rings is 2. The average molecular weight is 321 g/mol. The van der Waals surface area contributed by atoms with Crippen LogP contribution in [0.5, 0.6) is 0 Å². The Hall–Kier alpha value is -1.39. The van der Waals surface area contributed by atoms with Crippen LogP contribution in [0.15, 0.2) is 34.8 Å². The van der Waals surface area contributed by atoms with Crippen molar-refractivity contribution in [2.45, 2.75) is 6.92 Å². The third-order valence-corrected chi connectivity index (χ3v) is 4.51. The summed E-state index contributed by atoms with van der Waals surface area (Å²) in [7, 11) is 0. The lowest BCUT2D eigenvalue weighted by Gasteiger charge is -2.04. The molecule has 1 aromatic heterocycles. The van der Waals surface area contributed by atoms with Gasteiger partial charge in [-0.15, -0.1) is 11.3 Å². The van der Waals surface area contributed by atoms with E-state index in [9.17, 15) is 9.90 Å². The summed E-state index contributed by atoms with van der Waals surface area (Å²) >= 11 is 4.99. The smallest absolute Gasteiger partial charge is 0.337 e. The molecule has 0 aliphatic carbocycles. The van der Waals surface area contributed by atoms with Crippen LogP contribution in [0.2, 0.25) is 0 Å². The number of thiophene rings is 1. The molecule has 2 aromatic carbocycles. The van der Waals surface area contributed by atoms with Crippen LogP contribution in [0.4, 0.5) is 0 Å². The monoisotopic (exact) mass is 320 g/mol. The second kappa shape index (κ2) is 4.07. The summed E-state index contributed by atoms with van der Waals surface area (Å²) < 4.78 is 1.86. The third-order valence-electron chi connectivity index (χ3n) is 2.94. The van der Waals surface area contributed by atoms with Crippen molar-refractivity contribution in [3.8, 4) is 0 Å². The molecule has 0 atom stereocenters. The second-order valence-electron chi connectivity index (χ2n) is 4.19. The number of hydrogen-bond donors (Lipinski definition) is 1. The maximum Gasteiger partial charge on any atom is 0.337 e. The lowest BCUT2D eigenvalue weighted by molar-refractivity contribution is 0.0699. The number of carbonyl (C=O) groups is 1. The molecule has 0 aliphatic rings. The van der Waals surface area contributed by atoms with Crippen LogP contribution in [0.1, 0.15) is 15.2 Å². The number of carboxylic acids is 1. The van der Waals surface area contributed by atoms with E-state index in [1.165, 1.54) is 11.3 Å². The first kappa shape index (κ1) is 11.7. The zero-order valence-electron chi connectivity index (χ0n) is 9.53. The molecule has 0 spiro atoms. The first-order chi connectivity index (χ1) is 8.56. The van der Waals surface area contributed by atoms with Crippen molar-refractivity contribution in [1.29, 1.82) is 0 Å². The molecule has 0 aliphatic heterocycles. The highest BCUT2D eigenvalue weighted by Gasteiger charge is 2.14. The van der Waals surface area contributed by atoms with Gasteiger partial charge in [0.15, 0.2) is 0 Å². The molecule has 0 saturated heterocycles. The second-order valence-corrected chi connectivity index (χ2v) is 6.37. The van der Waals surface area contributed by atoms with Gasteiger partial charge in [0.05, 0.1) is 5.56 Å². The molecule has 0 fully saturated rings. The Balaban J connectivity index is 2.57. The van der Waals surface area contributed by atoms with E-state index in [1.54, 1.807) is 6.07 Å². The maximum atomic E-state index is 11.3. The molecule has 3 rings (SSSR count). The summed E-state index contributed by atoms with van der Waals surface area (Å²) in [5.41, 5.74) is 0.387. The van der Waals surface area contributed by atoms with E-state index in [2.05, 4.69) is 22.0 Å². The fraction of sp³-hybridized carbons (Fsp3) is 0.0714. The Kier molecular flexibility index (Phi) is 2.64. The quantitative estimate of drug-likeness (QED) is 0.697. The molecule has 90 valence electrons. The third kappa shape index (κ3) is 1.72. The van der Waals surface area contributed by atoms with Gasteiger partial charge < -0.3 is 5.11 Å². The highest BCUT2D eigenvalue weighted by Crippen LogP contribution is 2.36. The van der Waals surface area contributed by atoms with E-state index in [0.717, 1.165) is 30.2 Å². The van der Waals surface area contributed by atoms with E-state index >= 15 is 0 Å². The van der Waals surface area contributed by atoms with E-state index < -0.39 is 5.97 Å². The van der Waals surface area contributed by atoms with Crippen LogP contribution in [-0.2, 0) is 0 Å². The number of aryl methyl sites for hydroxylation is 1. The first-order valence-corrected chi connectivity index (χ1v) is 7.03. The summed E-state index contributed by atoms with van der Waals surface area (Å²) in [5.74, 6) is -0.869. The lowest BCUT2D eigenvalue weighted by atomic mass is 10.0. The highest BCUT2D eigenvalue weighted by molar-refractivity contribution is 9.10. The zero-order valence-corrected chi connectivity index (χ0v) is 11.9. The van der Waals surface area contributed by atoms with Crippen LogP contribution in [0.25, 0.3) is 20.9 Å². The predicted molar refractivity (Wildman–Crippen MR) is 78.7 cm³/mol. The number of aromatic carboxylic acids is 1. The summed E-state index contributed by atoms with van der Waals surface area (Å²) in [5, 5.41) is 12.4. The van der Waals surface area contributed by atoms with Gasteiger partial charge in [0.2, 0.25) is 0 Å². The van der Waals surface area contributed by atoms with Gasteiger partial charge in [-0.25, -0.2) is 4.79 Å². The van der Waals surface area contributed by atoms with Gasteiger partial charge in [-0.05, 0) is 42.0 Å². The van der Waals surface area contributed by atoms with Gasteiger partial charge in [-0.3, -0.25) is 0 Å². The molecule has 0 unspecified atom stereocenters. The Labute approximate surface area is 116 Å². The summed E-state index contributed by atoms with van der Waals surface area (Å²) in [6.07, 6.45) is 0. The predicted octanol–water partition coefficient (Wildman–Crippen LogP) is 4.82. The molecule has 0 radical (unpaired) electrons. The van der Waals surface area contributed by atoms with Gasteiger partial charge in [0, 0.05) is 19.4 Å². The van der Waals surface area contributed by atoms with Gasteiger partial charge in [-0.1, -0.05) is 22.0 Å². The van der Waals surface area contributed by atoms with Crippen molar-refractivity contribution in [2.24, 2.45) is 0 Å². The molecular formula is C14H9BrO2S. The SMILES string of the molecule is Cc1cc2c(s1)c(C(=O)O)cc1ccc(Br)cc12. The molecule has 0 bridgehead atoms. The first-order valence-electron chi connectivity index (χ1n) is 5.42. The molecule has 0 saturated carbocycles. The largest absolute Gasteiger partial charge is 0.478 e. The minimum atomic E-state index is -0.869. The van der Waals surface area contributed by atoms with Gasteiger partial charge in [-0.2, -0.15) is 0 Å². The topological polar surface area (TPSA) is 37.3 Å². The summed E-state index contributed by atoms with van der Waals surface area (Å²) in [6.45, 7) is 2.00. The highest BCUT2D eigenvalue weighted by atomic mass is 79.9. The van der Waals surface area contributed by atoms with Crippen molar-refractivity contribution < 1.29 is 9.90 Å². The molecule has 2 nitrogen and oxygen atoms in total. The zero-order chi connectivity index (χ0) is 12.9. The molecule has 1 heterocycles. The maximum absolute atomic E-state index is 11.3. The van der Waals surface area contributed by atoms with Crippen molar-refractivity contribution in [1.82, 2.24) is 0 Å². The van der Waals surface area contributed by atoms with Gasteiger partial charge in [0.25, 0.3) is 0 Å². The van der Waals surface area contributed by atoms with Crippen molar-refractivity contribution >= 4 is 54.1 Å². The van der Waals surface area contributed by atoms with Crippen LogP contribution in [0.3, 0.4) is 0 Å². The molecular weight excluding hydrogens is 312 g/mol. The summed E-state index contributed by atoms with van der Waals surface area (Å²) in [6, 6.07) is 9.72. The Bertz CT molecular complexity index is 789. The normalized spacial score (nSPS) is 11.2. The van der Waals surface area contributed by atoms with E-state index in [1.807, 2.05) is 25.1 Å². The minimum Gasteiger partial charge on any atom is -0.478 e. The Morgan fingerprint density at radius 3 is 2.72 bits per heavy atom. The number of hydrogen-bond acceptors (Lipinski definition) is 2. The van der Waals surface area contributed by atoms with Gasteiger partial charge >= 0.3 is 5.97 Å². The number of fused-ring (bicyclic) bond motifs is 3. The van der Waals surface area contributed by atoms with Crippen LogP contribution in [-0.4, -0.2) is 11.1 Å². The fourth-order valence-electron chi connectivity index (χ4n) is 2.18. The summed E-state index contributed by atoms with van der Waals surface area (Å²) in [4.78, 5) is 12.5. The Morgan fingerprint density at radius 1 is 1.22 bits per heavy atom. The standard InChI is InChI=1S/C14H9BrO2S/c1-7-4-11-10-6-9(15)3-2-8(10)5-12(14(16)17)13(11)18-7/h2-6H,1H3,(H,16,17). The average Bonchev–Trinajstić information content (AvgIpc) is 2.69. The number of carboxylic acid groups (broad SMARTS) is 1. The van der Waals surface area contributed by atoms with Gasteiger partial charge in [0.1, 0.15) is 0 Å². The van der Waals surface area contributed by atoms with Crippen molar-refractivity contribution in [3.63, 3.8) is 0 Å². The van der Waals surface area contributed by atoms with Crippen LogP contribution in [0, 0.1) is 6.92 Å². The fourth-order valence-corrected chi connectivity index (χ4v) is 3.58. The molecule has 4 heteroatoms. The molecule has 18 heavy (non-hydrogen) atoms. The van der Waals surface area contributed by atoms with Crippen LogP contribution < -0.4 is 0 Å². The van der Waals surface area contributed by atoms with Crippen molar-refractivity contribution in [2.75, 3.05) is 0 Å².